The third-order valence-corrected chi connectivity index (χ3v) is 3.78. The first-order valence-corrected chi connectivity index (χ1v) is 7.58. The van der Waals surface area contributed by atoms with E-state index in [2.05, 4.69) is 30.8 Å². The van der Waals surface area contributed by atoms with Crippen LogP contribution in [0.3, 0.4) is 0 Å². The van der Waals surface area contributed by atoms with E-state index in [1.807, 2.05) is 18.5 Å². The third kappa shape index (κ3) is 4.03. The average Bonchev–Trinajstić information content (AvgIpc) is 2.40. The Morgan fingerprint density at radius 2 is 1.88 bits per heavy atom. The zero-order valence-electron chi connectivity index (χ0n) is 10.2. The van der Waals surface area contributed by atoms with Gasteiger partial charge in [-0.15, -0.1) is 0 Å². The van der Waals surface area contributed by atoms with Crippen LogP contribution in [0.15, 0.2) is 18.5 Å². The van der Waals surface area contributed by atoms with Crippen molar-refractivity contribution in [1.29, 1.82) is 0 Å². The molecule has 0 amide bonds. The molecule has 94 valence electrons. The molecule has 0 aliphatic heterocycles. The number of hydrogen-bond donors (Lipinski definition) is 0. The van der Waals surface area contributed by atoms with Gasteiger partial charge in [-0.05, 0) is 18.9 Å². The highest BCUT2D eigenvalue weighted by Gasteiger charge is 2.21. The fourth-order valence-electron chi connectivity index (χ4n) is 2.54. The van der Waals surface area contributed by atoms with Crippen molar-refractivity contribution in [2.45, 2.75) is 44.7 Å². The molecule has 1 saturated carbocycles. The topological polar surface area (TPSA) is 29.0 Å². The quantitative estimate of drug-likeness (QED) is 0.783. The zero-order valence-corrected chi connectivity index (χ0v) is 11.8. The van der Waals surface area contributed by atoms with Gasteiger partial charge in [0, 0.05) is 30.3 Å². The molecule has 4 heteroatoms. The van der Waals surface area contributed by atoms with Crippen molar-refractivity contribution in [3.63, 3.8) is 0 Å². The normalized spacial score (nSPS) is 17.5. The van der Waals surface area contributed by atoms with Gasteiger partial charge in [0.25, 0.3) is 0 Å². The fraction of sp³-hybridized carbons (Fsp3) is 0.692. The van der Waals surface area contributed by atoms with E-state index in [-0.39, 0.29) is 0 Å². The van der Waals surface area contributed by atoms with Gasteiger partial charge in [-0.3, -0.25) is 4.90 Å². The lowest BCUT2D eigenvalue weighted by Crippen LogP contribution is -2.38. The second-order valence-corrected chi connectivity index (χ2v) is 5.41. The molecule has 0 aromatic carbocycles. The van der Waals surface area contributed by atoms with Crippen LogP contribution in [-0.4, -0.2) is 32.8 Å². The zero-order chi connectivity index (χ0) is 11.9. The number of alkyl halides is 1. The van der Waals surface area contributed by atoms with Crippen LogP contribution in [0.5, 0.6) is 0 Å². The van der Waals surface area contributed by atoms with Gasteiger partial charge in [0.1, 0.15) is 5.82 Å². The lowest BCUT2D eigenvalue weighted by molar-refractivity contribution is 0.154. The van der Waals surface area contributed by atoms with E-state index in [4.69, 9.17) is 0 Å². The number of nitrogens with zero attached hydrogens (tertiary/aromatic N) is 3. The number of rotatable bonds is 5. The van der Waals surface area contributed by atoms with Crippen LogP contribution in [0, 0.1) is 0 Å². The summed E-state index contributed by atoms with van der Waals surface area (Å²) in [4.78, 5) is 11.2. The minimum absolute atomic E-state index is 0.727. The number of halogens is 1. The first-order valence-electron chi connectivity index (χ1n) is 6.46. The Morgan fingerprint density at radius 1 is 1.18 bits per heavy atom. The van der Waals surface area contributed by atoms with E-state index < -0.39 is 0 Å². The van der Waals surface area contributed by atoms with Gasteiger partial charge in [0.05, 0.1) is 6.54 Å². The largest absolute Gasteiger partial charge is 0.292 e. The summed E-state index contributed by atoms with van der Waals surface area (Å²) in [5, 5.41) is 1.02. The van der Waals surface area contributed by atoms with Crippen molar-refractivity contribution in [1.82, 2.24) is 14.9 Å². The summed E-state index contributed by atoms with van der Waals surface area (Å²) in [6.45, 7) is 1.97. The van der Waals surface area contributed by atoms with Crippen molar-refractivity contribution in [2.75, 3.05) is 11.9 Å². The maximum Gasteiger partial charge on any atom is 0.142 e. The number of aromatic nitrogens is 2. The van der Waals surface area contributed by atoms with Crippen LogP contribution < -0.4 is 0 Å². The van der Waals surface area contributed by atoms with Gasteiger partial charge in [0.2, 0.25) is 0 Å². The summed E-state index contributed by atoms with van der Waals surface area (Å²) in [6.07, 6.45) is 10.5. The molecular weight excluding hydrogens is 278 g/mol. The maximum atomic E-state index is 4.33. The molecule has 0 atom stereocenters. The van der Waals surface area contributed by atoms with Crippen LogP contribution in [0.1, 0.15) is 37.9 Å². The first-order chi connectivity index (χ1) is 8.40. The summed E-state index contributed by atoms with van der Waals surface area (Å²) >= 11 is 3.55. The monoisotopic (exact) mass is 297 g/mol. The molecule has 0 unspecified atom stereocenters. The molecule has 0 spiro atoms. The molecule has 1 aromatic rings. The highest BCUT2D eigenvalue weighted by molar-refractivity contribution is 9.09. The summed E-state index contributed by atoms with van der Waals surface area (Å²) in [5.41, 5.74) is 0. The Hall–Kier alpha value is -0.480. The fourth-order valence-corrected chi connectivity index (χ4v) is 2.99. The Bertz CT molecular complexity index is 312. The van der Waals surface area contributed by atoms with Crippen LogP contribution in [0.4, 0.5) is 0 Å². The highest BCUT2D eigenvalue weighted by Crippen LogP contribution is 2.23. The Balaban J connectivity index is 1.96. The maximum absolute atomic E-state index is 4.33. The SMILES string of the molecule is BrCCN(Cc1ncccn1)C1CCCCC1. The lowest BCUT2D eigenvalue weighted by Gasteiger charge is -2.33. The minimum Gasteiger partial charge on any atom is -0.292 e. The lowest BCUT2D eigenvalue weighted by atomic mass is 9.94. The molecule has 0 N–H and O–H groups in total. The molecule has 0 saturated heterocycles. The standard InChI is InChI=1S/C13H20BrN3/c14-7-10-17(12-5-2-1-3-6-12)11-13-15-8-4-9-16-13/h4,8-9,12H,1-3,5-7,10-11H2. The predicted molar refractivity (Wildman–Crippen MR) is 73.1 cm³/mol. The molecule has 3 nitrogen and oxygen atoms in total. The van der Waals surface area contributed by atoms with Gasteiger partial charge in [0.15, 0.2) is 0 Å². The summed E-state index contributed by atoms with van der Waals surface area (Å²) in [7, 11) is 0. The van der Waals surface area contributed by atoms with Gasteiger partial charge < -0.3 is 0 Å². The summed E-state index contributed by atoms with van der Waals surface area (Å²) < 4.78 is 0. The average molecular weight is 298 g/mol. The van der Waals surface area contributed by atoms with Gasteiger partial charge >= 0.3 is 0 Å². The van der Waals surface area contributed by atoms with Crippen LogP contribution in [-0.2, 0) is 6.54 Å². The van der Waals surface area contributed by atoms with Crippen molar-refractivity contribution in [3.05, 3.63) is 24.3 Å². The van der Waals surface area contributed by atoms with Gasteiger partial charge in [-0.2, -0.15) is 0 Å². The van der Waals surface area contributed by atoms with E-state index >= 15 is 0 Å². The summed E-state index contributed by atoms with van der Waals surface area (Å²) in [6, 6.07) is 2.60. The van der Waals surface area contributed by atoms with Crippen molar-refractivity contribution >= 4 is 15.9 Å². The van der Waals surface area contributed by atoms with Crippen LogP contribution in [0.25, 0.3) is 0 Å². The van der Waals surface area contributed by atoms with Crippen molar-refractivity contribution < 1.29 is 0 Å². The Morgan fingerprint density at radius 3 is 2.53 bits per heavy atom. The van der Waals surface area contributed by atoms with E-state index in [0.717, 1.165) is 30.3 Å². The highest BCUT2D eigenvalue weighted by atomic mass is 79.9. The third-order valence-electron chi connectivity index (χ3n) is 3.43. The Kier molecular flexibility index (Phi) is 5.39. The van der Waals surface area contributed by atoms with E-state index in [1.54, 1.807) is 0 Å². The molecule has 0 bridgehead atoms. The second-order valence-electron chi connectivity index (χ2n) is 4.62. The van der Waals surface area contributed by atoms with Gasteiger partial charge in [-0.1, -0.05) is 35.2 Å². The molecule has 1 heterocycles. The van der Waals surface area contributed by atoms with Crippen LogP contribution >= 0.6 is 15.9 Å². The molecule has 1 aliphatic rings. The van der Waals surface area contributed by atoms with Gasteiger partial charge in [-0.25, -0.2) is 9.97 Å². The van der Waals surface area contributed by atoms with Crippen molar-refractivity contribution in [2.24, 2.45) is 0 Å². The first kappa shape index (κ1) is 13.0. The van der Waals surface area contributed by atoms with Crippen LogP contribution in [0.2, 0.25) is 0 Å². The van der Waals surface area contributed by atoms with E-state index in [1.165, 1.54) is 32.1 Å². The molecule has 1 fully saturated rings. The molecule has 17 heavy (non-hydrogen) atoms. The van der Waals surface area contributed by atoms with Crippen molar-refractivity contribution in [3.8, 4) is 0 Å². The molecule has 2 rings (SSSR count). The molecule has 0 radical (unpaired) electrons. The summed E-state index contributed by atoms with van der Waals surface area (Å²) in [5.74, 6) is 0.944. The minimum atomic E-state index is 0.727. The predicted octanol–water partition coefficient (Wildman–Crippen LogP) is 3.01. The molecule has 1 aliphatic carbocycles. The molecular formula is C13H20BrN3. The molecule has 1 aromatic heterocycles. The van der Waals surface area contributed by atoms with E-state index in [9.17, 15) is 0 Å². The van der Waals surface area contributed by atoms with E-state index in [0.29, 0.717) is 0 Å². The Labute approximate surface area is 112 Å². The smallest absolute Gasteiger partial charge is 0.142 e. The second kappa shape index (κ2) is 7.07. The number of hydrogen-bond acceptors (Lipinski definition) is 3.